The number of rotatable bonds is 9. The van der Waals surface area contributed by atoms with Crippen molar-refractivity contribution < 1.29 is 33.0 Å². The van der Waals surface area contributed by atoms with Crippen LogP contribution in [0.3, 0.4) is 0 Å². The highest BCUT2D eigenvalue weighted by Gasteiger charge is 2.50. The normalized spacial score (nSPS) is 23.7. The van der Waals surface area contributed by atoms with Crippen molar-refractivity contribution in [1.82, 2.24) is 10.1 Å². The highest BCUT2D eigenvalue weighted by Crippen LogP contribution is 2.46. The molecule has 4 heterocycles. The van der Waals surface area contributed by atoms with Gasteiger partial charge in [0.2, 0.25) is 0 Å². The van der Waals surface area contributed by atoms with Crippen LogP contribution in [0.15, 0.2) is 40.9 Å². The van der Waals surface area contributed by atoms with Crippen molar-refractivity contribution >= 4 is 50.7 Å². The molecule has 214 valence electrons. The van der Waals surface area contributed by atoms with Crippen molar-refractivity contribution in [2.24, 2.45) is 0 Å². The van der Waals surface area contributed by atoms with E-state index in [-0.39, 0.29) is 37.0 Å². The van der Waals surface area contributed by atoms with Gasteiger partial charge in [-0.25, -0.2) is 9.78 Å². The van der Waals surface area contributed by atoms with Crippen LogP contribution < -0.4 is 4.74 Å². The molecule has 4 aromatic rings. The van der Waals surface area contributed by atoms with Gasteiger partial charge in [0.25, 0.3) is 5.19 Å². The Kier molecular flexibility index (Phi) is 7.39. The summed E-state index contributed by atoms with van der Waals surface area (Å²) in [4.78, 5) is 16.7. The number of esters is 1. The van der Waals surface area contributed by atoms with E-state index < -0.39 is 0 Å². The molecular formula is C29H26Cl2N2O7S. The quantitative estimate of drug-likeness (QED) is 0.196. The molecule has 1 saturated carbocycles. The number of hydrogen-bond donors (Lipinski definition) is 0. The third-order valence-corrected chi connectivity index (χ3v) is 9.04. The third kappa shape index (κ3) is 5.22. The first-order valence-electron chi connectivity index (χ1n) is 13.5. The average Bonchev–Trinajstić information content (AvgIpc) is 3.25. The molecule has 4 atom stereocenters. The number of carbonyl (C=O) groups is 1. The molecule has 2 aromatic carbocycles. The largest absolute Gasteiger partial charge is 0.462 e. The van der Waals surface area contributed by atoms with Gasteiger partial charge in [-0.15, -0.1) is 0 Å². The second-order valence-corrected chi connectivity index (χ2v) is 12.0. The predicted molar refractivity (Wildman–Crippen MR) is 152 cm³/mol. The van der Waals surface area contributed by atoms with Gasteiger partial charge in [0.1, 0.15) is 29.8 Å². The van der Waals surface area contributed by atoms with Gasteiger partial charge < -0.3 is 28.2 Å². The molecule has 2 aliphatic heterocycles. The Balaban J connectivity index is 1.04. The number of benzene rings is 2. The second kappa shape index (κ2) is 11.2. The van der Waals surface area contributed by atoms with Crippen molar-refractivity contribution in [3.8, 4) is 16.5 Å². The summed E-state index contributed by atoms with van der Waals surface area (Å²) in [6.07, 6.45) is 0.869. The number of halogens is 2. The van der Waals surface area contributed by atoms with Crippen LogP contribution in [-0.4, -0.2) is 60.3 Å². The van der Waals surface area contributed by atoms with Gasteiger partial charge in [0, 0.05) is 17.0 Å². The van der Waals surface area contributed by atoms with E-state index in [1.54, 1.807) is 43.3 Å². The van der Waals surface area contributed by atoms with Crippen LogP contribution in [0.25, 0.3) is 21.5 Å². The maximum atomic E-state index is 12.1. The van der Waals surface area contributed by atoms with Crippen molar-refractivity contribution in [3.05, 3.63) is 63.3 Å². The van der Waals surface area contributed by atoms with Gasteiger partial charge >= 0.3 is 5.97 Å². The molecule has 3 fully saturated rings. The van der Waals surface area contributed by atoms with Crippen LogP contribution in [0.4, 0.5) is 0 Å². The summed E-state index contributed by atoms with van der Waals surface area (Å²) >= 11 is 14.4. The molecule has 9 nitrogen and oxygen atoms in total. The van der Waals surface area contributed by atoms with Crippen LogP contribution in [0.2, 0.25) is 10.0 Å². The number of ether oxygens (including phenoxy) is 5. The maximum absolute atomic E-state index is 12.1. The van der Waals surface area contributed by atoms with Crippen LogP contribution in [-0.2, 0) is 25.6 Å². The van der Waals surface area contributed by atoms with E-state index in [9.17, 15) is 4.79 Å². The zero-order valence-corrected chi connectivity index (χ0v) is 24.3. The molecule has 1 aliphatic carbocycles. The van der Waals surface area contributed by atoms with Gasteiger partial charge in [-0.05, 0) is 50.1 Å². The molecule has 3 aliphatic rings. The Morgan fingerprint density at radius 2 is 1.83 bits per heavy atom. The minimum Gasteiger partial charge on any atom is -0.462 e. The Bertz CT molecular complexity index is 1580. The zero-order chi connectivity index (χ0) is 28.1. The van der Waals surface area contributed by atoms with Crippen LogP contribution in [0, 0.1) is 0 Å². The summed E-state index contributed by atoms with van der Waals surface area (Å²) in [5, 5.41) is 5.84. The van der Waals surface area contributed by atoms with Crippen LogP contribution in [0.1, 0.15) is 47.4 Å². The SMILES string of the molecule is CCOC(=O)c1ccc2nc(O[C@@H]3CO[C@H]4[C@@H]3OC[C@@H]4OCc3c(-c4c(Cl)cccc4Cl)noc3C3CC3)sc2c1. The number of hydrogen-bond acceptors (Lipinski definition) is 10. The molecule has 41 heavy (non-hydrogen) atoms. The lowest BCUT2D eigenvalue weighted by molar-refractivity contribution is -0.0428. The van der Waals surface area contributed by atoms with E-state index in [1.165, 1.54) is 11.3 Å². The molecule has 0 spiro atoms. The fraction of sp³-hybridized carbons (Fsp3) is 0.414. The molecular weight excluding hydrogens is 591 g/mol. The summed E-state index contributed by atoms with van der Waals surface area (Å²) in [7, 11) is 0. The molecule has 2 saturated heterocycles. The molecule has 0 bridgehead atoms. The van der Waals surface area contributed by atoms with E-state index in [2.05, 4.69) is 10.1 Å². The van der Waals surface area contributed by atoms with Gasteiger partial charge in [0.05, 0.1) is 52.3 Å². The standard InChI is InChI=1S/C29H26Cl2N2O7S/c1-2-35-28(34)15-8-9-19-22(10-15)41-29(32-19)39-21-13-38-26-20(12-37-27(21)26)36-11-16-24(33-40-25(16)14-6-7-14)23-17(30)4-3-5-18(23)31/h3-5,8-10,14,20-21,26-27H,2,6-7,11-13H2,1H3/t20-,21+,26+,27+/m0/s1. The van der Waals surface area contributed by atoms with Gasteiger partial charge in [-0.1, -0.05) is 45.8 Å². The van der Waals surface area contributed by atoms with Crippen LogP contribution >= 0.6 is 34.5 Å². The number of nitrogens with zero attached hydrogens (tertiary/aromatic N) is 2. The van der Waals surface area contributed by atoms with Crippen molar-refractivity contribution in [3.63, 3.8) is 0 Å². The lowest BCUT2D eigenvalue weighted by atomic mass is 10.0. The highest BCUT2D eigenvalue weighted by molar-refractivity contribution is 7.20. The summed E-state index contributed by atoms with van der Waals surface area (Å²) in [6, 6.07) is 10.6. The number of carbonyl (C=O) groups excluding carboxylic acids is 1. The summed E-state index contributed by atoms with van der Waals surface area (Å²) < 4.78 is 36.5. The number of fused-ring (bicyclic) bond motifs is 2. The first-order valence-corrected chi connectivity index (χ1v) is 15.1. The lowest BCUT2D eigenvalue weighted by Gasteiger charge is -2.17. The van der Waals surface area contributed by atoms with Crippen LogP contribution in [0.5, 0.6) is 5.19 Å². The van der Waals surface area contributed by atoms with E-state index in [0.717, 1.165) is 34.4 Å². The predicted octanol–water partition coefficient (Wildman–Crippen LogP) is 6.44. The topological polar surface area (TPSA) is 102 Å². The minimum absolute atomic E-state index is 0.263. The number of aromatic nitrogens is 2. The minimum atomic E-state index is -0.361. The van der Waals surface area contributed by atoms with E-state index in [0.29, 0.717) is 57.8 Å². The van der Waals surface area contributed by atoms with E-state index >= 15 is 0 Å². The molecule has 0 radical (unpaired) electrons. The maximum Gasteiger partial charge on any atom is 0.338 e. The summed E-state index contributed by atoms with van der Waals surface area (Å²) in [5.74, 6) is 0.786. The molecule has 7 rings (SSSR count). The number of thiazole rings is 1. The Hall–Kier alpha value is -2.73. The highest BCUT2D eigenvalue weighted by atomic mass is 35.5. The third-order valence-electron chi connectivity index (χ3n) is 7.50. The molecule has 0 N–H and O–H groups in total. The average molecular weight is 618 g/mol. The molecule has 12 heteroatoms. The van der Waals surface area contributed by atoms with Crippen molar-refractivity contribution in [2.45, 2.75) is 56.7 Å². The fourth-order valence-electron chi connectivity index (χ4n) is 5.34. The van der Waals surface area contributed by atoms with Crippen molar-refractivity contribution in [2.75, 3.05) is 19.8 Å². The fourth-order valence-corrected chi connectivity index (χ4v) is 6.82. The van der Waals surface area contributed by atoms with Gasteiger partial charge in [-0.2, -0.15) is 0 Å². The lowest BCUT2D eigenvalue weighted by Crippen LogP contribution is -2.35. The van der Waals surface area contributed by atoms with Crippen molar-refractivity contribution in [1.29, 1.82) is 0 Å². The summed E-state index contributed by atoms with van der Waals surface area (Å²) in [5.41, 5.74) is 3.33. The molecule has 0 amide bonds. The Morgan fingerprint density at radius 3 is 2.59 bits per heavy atom. The van der Waals surface area contributed by atoms with Gasteiger partial charge in [0.15, 0.2) is 6.10 Å². The molecule has 0 unspecified atom stereocenters. The zero-order valence-electron chi connectivity index (χ0n) is 22.0. The Morgan fingerprint density at radius 1 is 1.07 bits per heavy atom. The second-order valence-electron chi connectivity index (χ2n) is 10.2. The smallest absolute Gasteiger partial charge is 0.338 e. The first-order chi connectivity index (χ1) is 20.0. The molecule has 2 aromatic heterocycles. The van der Waals surface area contributed by atoms with E-state index in [4.69, 9.17) is 51.4 Å². The monoisotopic (exact) mass is 616 g/mol. The van der Waals surface area contributed by atoms with E-state index in [1.807, 2.05) is 0 Å². The van der Waals surface area contributed by atoms with Gasteiger partial charge in [-0.3, -0.25) is 0 Å². The first kappa shape index (κ1) is 27.1. The summed E-state index contributed by atoms with van der Waals surface area (Å²) in [6.45, 7) is 3.07. The Labute approximate surface area is 249 Å².